The topological polar surface area (TPSA) is 94.2 Å². The highest BCUT2D eigenvalue weighted by Gasteiger charge is 2.24. The summed E-state index contributed by atoms with van der Waals surface area (Å²) in [5.41, 5.74) is 1.97. The Bertz CT molecular complexity index is 941. The van der Waals surface area contributed by atoms with Gasteiger partial charge >= 0.3 is 5.97 Å². The second-order valence-electron chi connectivity index (χ2n) is 7.01. The third-order valence-electron chi connectivity index (χ3n) is 4.50. The Kier molecular flexibility index (Phi) is 6.56. The number of hydrogen-bond acceptors (Lipinski definition) is 6. The Hall–Kier alpha value is -3.55. The van der Waals surface area contributed by atoms with Crippen LogP contribution in [0.1, 0.15) is 22.8 Å². The van der Waals surface area contributed by atoms with Gasteiger partial charge < -0.3 is 24.4 Å². The van der Waals surface area contributed by atoms with Crippen LogP contribution in [0.3, 0.4) is 0 Å². The van der Waals surface area contributed by atoms with E-state index in [2.05, 4.69) is 5.32 Å². The average Bonchev–Trinajstić information content (AvgIpc) is 2.74. The molecule has 0 radical (unpaired) electrons. The number of fused-ring (bicyclic) bond motifs is 1. The van der Waals surface area contributed by atoms with Gasteiger partial charge in [0.05, 0.1) is 12.1 Å². The maximum absolute atomic E-state index is 12.5. The van der Waals surface area contributed by atoms with Crippen molar-refractivity contribution in [1.29, 1.82) is 0 Å². The number of benzene rings is 2. The molecule has 0 saturated carbocycles. The van der Waals surface area contributed by atoms with Crippen molar-refractivity contribution in [3.63, 3.8) is 0 Å². The first-order chi connectivity index (χ1) is 14.3. The number of carbonyl (C=O) groups excluding carboxylic acids is 3. The first-order valence-corrected chi connectivity index (χ1v) is 9.55. The molecule has 1 heterocycles. The first kappa shape index (κ1) is 21.2. The van der Waals surface area contributed by atoms with Crippen molar-refractivity contribution in [1.82, 2.24) is 4.90 Å². The van der Waals surface area contributed by atoms with Crippen LogP contribution in [0.25, 0.3) is 0 Å². The third-order valence-corrected chi connectivity index (χ3v) is 4.50. The number of ether oxygens (including phenoxy) is 3. The SMILES string of the molecule is Cc1ccc(NC(=O)CN(C)C(=O)[C@H](C)OC(=O)c2ccc3c(c2)OCCO3)cc1. The zero-order valence-electron chi connectivity index (χ0n) is 17.1. The van der Waals surface area contributed by atoms with Crippen molar-refractivity contribution in [3.8, 4) is 11.5 Å². The minimum absolute atomic E-state index is 0.168. The van der Waals surface area contributed by atoms with E-state index >= 15 is 0 Å². The van der Waals surface area contributed by atoms with E-state index in [9.17, 15) is 14.4 Å². The number of rotatable bonds is 6. The molecule has 1 aliphatic rings. The number of anilines is 1. The van der Waals surface area contributed by atoms with Crippen LogP contribution in [0.15, 0.2) is 42.5 Å². The van der Waals surface area contributed by atoms with E-state index in [1.165, 1.54) is 24.9 Å². The van der Waals surface area contributed by atoms with Crippen molar-refractivity contribution >= 4 is 23.5 Å². The van der Waals surface area contributed by atoms with Crippen molar-refractivity contribution in [2.45, 2.75) is 20.0 Å². The summed E-state index contributed by atoms with van der Waals surface area (Å²) in [5.74, 6) is -0.480. The molecule has 0 fully saturated rings. The summed E-state index contributed by atoms with van der Waals surface area (Å²) in [5, 5.41) is 2.72. The quantitative estimate of drug-likeness (QED) is 0.733. The summed E-state index contributed by atoms with van der Waals surface area (Å²) >= 11 is 0. The van der Waals surface area contributed by atoms with Crippen molar-refractivity contribution in [3.05, 3.63) is 53.6 Å². The molecule has 2 aromatic carbocycles. The fourth-order valence-corrected chi connectivity index (χ4v) is 2.89. The Morgan fingerprint density at radius 1 is 1.07 bits per heavy atom. The van der Waals surface area contributed by atoms with E-state index in [-0.39, 0.29) is 18.0 Å². The summed E-state index contributed by atoms with van der Waals surface area (Å²) in [4.78, 5) is 38.3. The van der Waals surface area contributed by atoms with Gasteiger partial charge in [-0.2, -0.15) is 0 Å². The lowest BCUT2D eigenvalue weighted by atomic mass is 10.2. The smallest absolute Gasteiger partial charge is 0.339 e. The fraction of sp³-hybridized carbons (Fsp3) is 0.318. The zero-order chi connectivity index (χ0) is 21.7. The van der Waals surface area contributed by atoms with E-state index < -0.39 is 18.0 Å². The predicted octanol–water partition coefficient (Wildman–Crippen LogP) is 2.41. The molecular weight excluding hydrogens is 388 g/mol. The summed E-state index contributed by atoms with van der Waals surface area (Å²) in [6.45, 7) is 4.10. The first-order valence-electron chi connectivity index (χ1n) is 9.55. The van der Waals surface area contributed by atoms with Gasteiger partial charge in [-0.05, 0) is 44.2 Å². The number of carbonyl (C=O) groups is 3. The van der Waals surface area contributed by atoms with Crippen LogP contribution in [0.4, 0.5) is 5.69 Å². The zero-order valence-corrected chi connectivity index (χ0v) is 17.1. The van der Waals surface area contributed by atoms with E-state index in [0.717, 1.165) is 5.56 Å². The fourth-order valence-electron chi connectivity index (χ4n) is 2.89. The standard InChI is InChI=1S/C22H24N2O6/c1-14-4-7-17(8-5-14)23-20(25)13-24(3)21(26)15(2)30-22(27)16-6-9-18-19(12-16)29-11-10-28-18/h4-9,12,15H,10-11,13H2,1-3H3,(H,23,25)/t15-/m0/s1. The van der Waals surface area contributed by atoms with E-state index in [1.54, 1.807) is 24.3 Å². The normalized spacial score (nSPS) is 13.2. The molecule has 0 bridgehead atoms. The second kappa shape index (κ2) is 9.30. The monoisotopic (exact) mass is 412 g/mol. The van der Waals surface area contributed by atoms with Crippen LogP contribution < -0.4 is 14.8 Å². The van der Waals surface area contributed by atoms with Crippen LogP contribution in [-0.4, -0.2) is 55.6 Å². The highest BCUT2D eigenvalue weighted by Crippen LogP contribution is 2.31. The summed E-state index contributed by atoms with van der Waals surface area (Å²) in [6, 6.07) is 12.0. The molecule has 1 aliphatic heterocycles. The van der Waals surface area contributed by atoms with Crippen molar-refractivity contribution in [2.75, 3.05) is 32.1 Å². The molecule has 0 saturated heterocycles. The van der Waals surface area contributed by atoms with E-state index in [1.807, 2.05) is 19.1 Å². The van der Waals surface area contributed by atoms with Crippen LogP contribution in [0.5, 0.6) is 11.5 Å². The molecule has 1 N–H and O–H groups in total. The number of nitrogens with one attached hydrogen (secondary N) is 1. The molecule has 0 spiro atoms. The molecule has 0 unspecified atom stereocenters. The highest BCUT2D eigenvalue weighted by atomic mass is 16.6. The maximum atomic E-state index is 12.5. The van der Waals surface area contributed by atoms with Crippen LogP contribution >= 0.6 is 0 Å². The van der Waals surface area contributed by atoms with Crippen LogP contribution in [-0.2, 0) is 14.3 Å². The van der Waals surface area contributed by atoms with Gasteiger partial charge in [-0.25, -0.2) is 4.79 Å². The minimum Gasteiger partial charge on any atom is -0.486 e. The average molecular weight is 412 g/mol. The predicted molar refractivity (Wildman–Crippen MR) is 110 cm³/mol. The number of aryl methyl sites for hydroxylation is 1. The van der Waals surface area contributed by atoms with Gasteiger partial charge in [0.15, 0.2) is 17.6 Å². The number of nitrogens with zero attached hydrogens (tertiary/aromatic N) is 1. The van der Waals surface area contributed by atoms with Crippen LogP contribution in [0, 0.1) is 6.92 Å². The third kappa shape index (κ3) is 5.28. The lowest BCUT2D eigenvalue weighted by Crippen LogP contribution is -2.41. The Morgan fingerprint density at radius 3 is 2.43 bits per heavy atom. The molecule has 1 atom stereocenters. The summed E-state index contributed by atoms with van der Waals surface area (Å²) < 4.78 is 16.1. The lowest BCUT2D eigenvalue weighted by Gasteiger charge is -2.22. The number of likely N-dealkylation sites (N-methyl/N-ethyl adjacent to an activating group) is 1. The molecular formula is C22H24N2O6. The second-order valence-corrected chi connectivity index (χ2v) is 7.01. The van der Waals surface area contributed by atoms with Crippen LogP contribution in [0.2, 0.25) is 0 Å². The van der Waals surface area contributed by atoms with Gasteiger partial charge in [0.1, 0.15) is 13.2 Å². The number of hydrogen-bond donors (Lipinski definition) is 1. The highest BCUT2D eigenvalue weighted by molar-refractivity contribution is 5.96. The van der Waals surface area contributed by atoms with E-state index in [4.69, 9.17) is 14.2 Å². The number of amides is 2. The van der Waals surface area contributed by atoms with Gasteiger partial charge in [0, 0.05) is 12.7 Å². The Labute approximate surface area is 174 Å². The van der Waals surface area contributed by atoms with Gasteiger partial charge in [0.25, 0.3) is 5.91 Å². The van der Waals surface area contributed by atoms with Gasteiger partial charge in [-0.1, -0.05) is 17.7 Å². The molecule has 30 heavy (non-hydrogen) atoms. The molecule has 0 aliphatic carbocycles. The number of esters is 1. The maximum Gasteiger partial charge on any atom is 0.339 e. The largest absolute Gasteiger partial charge is 0.486 e. The van der Waals surface area contributed by atoms with Gasteiger partial charge in [-0.3, -0.25) is 9.59 Å². The molecule has 8 nitrogen and oxygen atoms in total. The Balaban J connectivity index is 1.53. The molecule has 158 valence electrons. The van der Waals surface area contributed by atoms with Crippen molar-refractivity contribution in [2.24, 2.45) is 0 Å². The van der Waals surface area contributed by atoms with Gasteiger partial charge in [-0.15, -0.1) is 0 Å². The Morgan fingerprint density at radius 2 is 1.73 bits per heavy atom. The molecule has 0 aromatic heterocycles. The molecule has 3 rings (SSSR count). The molecule has 2 amide bonds. The lowest BCUT2D eigenvalue weighted by molar-refractivity contribution is -0.140. The molecule has 8 heteroatoms. The minimum atomic E-state index is -1.05. The molecule has 2 aromatic rings. The summed E-state index contributed by atoms with van der Waals surface area (Å²) in [7, 11) is 1.48. The van der Waals surface area contributed by atoms with Gasteiger partial charge in [0.2, 0.25) is 5.91 Å². The van der Waals surface area contributed by atoms with Crippen molar-refractivity contribution < 1.29 is 28.6 Å². The summed E-state index contributed by atoms with van der Waals surface area (Å²) in [6.07, 6.45) is -1.05. The van der Waals surface area contributed by atoms with E-state index in [0.29, 0.717) is 30.4 Å².